The van der Waals surface area contributed by atoms with E-state index in [1.165, 1.54) is 4.90 Å². The third kappa shape index (κ3) is 2.97. The molecule has 0 bridgehead atoms. The first kappa shape index (κ1) is 19.1. The van der Waals surface area contributed by atoms with Crippen LogP contribution in [0.3, 0.4) is 0 Å². The fraction of sp³-hybridized carbons (Fsp3) is 0.619. The number of nitrogens with zero attached hydrogens (tertiary/aromatic N) is 1. The van der Waals surface area contributed by atoms with Gasteiger partial charge in [-0.3, -0.25) is 14.5 Å². The van der Waals surface area contributed by atoms with Gasteiger partial charge in [-0.25, -0.2) is 0 Å². The zero-order valence-electron chi connectivity index (χ0n) is 16.3. The Morgan fingerprint density at radius 3 is 2.23 bits per heavy atom. The van der Waals surface area contributed by atoms with E-state index < -0.39 is 0 Å². The number of benzene rings is 1. The second-order valence-electron chi connectivity index (χ2n) is 8.28. The minimum absolute atomic E-state index is 0.0820. The minimum atomic E-state index is -0.175. The van der Waals surface area contributed by atoms with Gasteiger partial charge in [0.15, 0.2) is 0 Å². The number of methoxy groups -OCH3 is 1. The fourth-order valence-electron chi connectivity index (χ4n) is 4.50. The van der Waals surface area contributed by atoms with Crippen LogP contribution >= 0.6 is 0 Å². The zero-order valence-corrected chi connectivity index (χ0v) is 16.3. The molecule has 0 saturated heterocycles. The highest BCUT2D eigenvalue weighted by Gasteiger charge is 2.51. The molecule has 0 radical (unpaired) electrons. The number of carbonyl (C=O) groups excluding carboxylic acids is 2. The molecule has 3 rings (SSSR count). The second kappa shape index (κ2) is 7.12. The van der Waals surface area contributed by atoms with Crippen molar-refractivity contribution in [3.8, 4) is 0 Å². The minimum Gasteiger partial charge on any atom is -0.359 e. The largest absolute Gasteiger partial charge is 0.359 e. The van der Waals surface area contributed by atoms with E-state index in [0.29, 0.717) is 29.6 Å². The molecule has 1 aliphatic carbocycles. The monoisotopic (exact) mass is 359 g/mol. The molecule has 26 heavy (non-hydrogen) atoms. The van der Waals surface area contributed by atoms with Crippen LogP contribution in [-0.2, 0) is 9.47 Å². The highest BCUT2D eigenvalue weighted by Crippen LogP contribution is 2.50. The summed E-state index contributed by atoms with van der Waals surface area (Å²) in [5.41, 5.74) is 1.13. The summed E-state index contributed by atoms with van der Waals surface area (Å²) in [4.78, 5) is 27.5. The van der Waals surface area contributed by atoms with Gasteiger partial charge in [0, 0.05) is 19.1 Å². The van der Waals surface area contributed by atoms with E-state index in [-0.39, 0.29) is 36.0 Å². The Hall–Kier alpha value is -1.72. The maximum Gasteiger partial charge on any atom is 0.261 e. The molecule has 0 spiro atoms. The molecule has 1 aromatic rings. The summed E-state index contributed by atoms with van der Waals surface area (Å²) in [6, 6.07) is 6.94. The van der Waals surface area contributed by atoms with Crippen LogP contribution in [0.4, 0.5) is 0 Å². The van der Waals surface area contributed by atoms with Crippen LogP contribution in [-0.4, -0.2) is 43.3 Å². The summed E-state index contributed by atoms with van der Waals surface area (Å²) in [5.74, 6) is 0.430. The van der Waals surface area contributed by atoms with E-state index in [0.717, 1.165) is 6.42 Å². The summed E-state index contributed by atoms with van der Waals surface area (Å²) in [6.45, 7) is 9.65. The topological polar surface area (TPSA) is 55.8 Å². The Morgan fingerprint density at radius 1 is 1.12 bits per heavy atom. The lowest BCUT2D eigenvalue weighted by Crippen LogP contribution is -2.56. The average molecular weight is 359 g/mol. The van der Waals surface area contributed by atoms with Gasteiger partial charge >= 0.3 is 0 Å². The number of hydrogen-bond acceptors (Lipinski definition) is 4. The number of rotatable bonds is 5. The molecule has 1 aromatic carbocycles. The first-order chi connectivity index (χ1) is 12.3. The third-order valence-corrected chi connectivity index (χ3v) is 6.84. The van der Waals surface area contributed by atoms with Crippen molar-refractivity contribution < 1.29 is 19.1 Å². The van der Waals surface area contributed by atoms with Crippen molar-refractivity contribution in [1.29, 1.82) is 0 Å². The first-order valence-corrected chi connectivity index (χ1v) is 9.34. The summed E-state index contributed by atoms with van der Waals surface area (Å²) >= 11 is 0. The smallest absolute Gasteiger partial charge is 0.261 e. The summed E-state index contributed by atoms with van der Waals surface area (Å²) in [7, 11) is 1.60. The SMILES string of the molecule is COCOC[C@H]1C(N2C(=O)c3ccccc3C2=O)C[C@H](C)C(C)(C)[C@@H]1C. The molecule has 0 N–H and O–H groups in total. The molecule has 5 heteroatoms. The Balaban J connectivity index is 1.93. The van der Waals surface area contributed by atoms with Crippen molar-refractivity contribution in [3.63, 3.8) is 0 Å². The maximum absolute atomic E-state index is 13.0. The summed E-state index contributed by atoms with van der Waals surface area (Å²) in [6.07, 6.45) is 0.795. The molecular weight excluding hydrogens is 330 g/mol. The van der Waals surface area contributed by atoms with Gasteiger partial charge in [-0.1, -0.05) is 39.8 Å². The lowest BCUT2D eigenvalue weighted by molar-refractivity contribution is -0.0937. The molecule has 142 valence electrons. The van der Waals surface area contributed by atoms with Gasteiger partial charge in [0.1, 0.15) is 6.79 Å². The van der Waals surface area contributed by atoms with E-state index in [9.17, 15) is 9.59 Å². The van der Waals surface area contributed by atoms with Crippen molar-refractivity contribution in [2.24, 2.45) is 23.2 Å². The van der Waals surface area contributed by atoms with Gasteiger partial charge in [-0.05, 0) is 35.8 Å². The molecule has 1 unspecified atom stereocenters. The molecule has 2 aliphatic rings. The highest BCUT2D eigenvalue weighted by molar-refractivity contribution is 6.21. The van der Waals surface area contributed by atoms with Gasteiger partial charge in [-0.2, -0.15) is 0 Å². The van der Waals surface area contributed by atoms with Crippen molar-refractivity contribution in [2.45, 2.75) is 40.2 Å². The molecule has 0 aromatic heterocycles. The molecule has 1 saturated carbocycles. The van der Waals surface area contributed by atoms with Crippen LogP contribution in [0.1, 0.15) is 54.8 Å². The number of hydrogen-bond donors (Lipinski definition) is 0. The average Bonchev–Trinajstić information content (AvgIpc) is 2.87. The first-order valence-electron chi connectivity index (χ1n) is 9.34. The van der Waals surface area contributed by atoms with Gasteiger partial charge in [0.25, 0.3) is 11.8 Å². The fourth-order valence-corrected chi connectivity index (χ4v) is 4.50. The molecule has 5 nitrogen and oxygen atoms in total. The standard InChI is InChI=1S/C21H29NO4/c1-13-10-18(17(11-26-12-25-5)14(2)21(13,3)4)22-19(23)15-8-6-7-9-16(15)20(22)24/h6-9,13-14,17-18H,10-12H2,1-5H3/t13-,14+,17+,18?/m0/s1. The predicted octanol–water partition coefficient (Wildman–Crippen LogP) is 3.59. The number of ether oxygens (including phenoxy) is 2. The third-order valence-electron chi connectivity index (χ3n) is 6.84. The van der Waals surface area contributed by atoms with Gasteiger partial charge in [0.05, 0.1) is 17.7 Å². The highest BCUT2D eigenvalue weighted by atomic mass is 16.7. The molecule has 2 amide bonds. The summed E-state index contributed by atoms with van der Waals surface area (Å²) < 4.78 is 10.7. The number of amides is 2. The Morgan fingerprint density at radius 2 is 1.69 bits per heavy atom. The van der Waals surface area contributed by atoms with Crippen molar-refractivity contribution >= 4 is 11.8 Å². The van der Waals surface area contributed by atoms with Crippen LogP contribution < -0.4 is 0 Å². The van der Waals surface area contributed by atoms with Gasteiger partial charge in [0.2, 0.25) is 0 Å². The van der Waals surface area contributed by atoms with Crippen LogP contribution in [0.15, 0.2) is 24.3 Å². The normalized spacial score (nSPS) is 30.6. The van der Waals surface area contributed by atoms with Crippen LogP contribution in [0.2, 0.25) is 0 Å². The number of imide groups is 1. The summed E-state index contributed by atoms with van der Waals surface area (Å²) in [5, 5.41) is 0. The molecule has 1 aliphatic heterocycles. The second-order valence-corrected chi connectivity index (χ2v) is 8.28. The molecule has 1 fully saturated rings. The number of fused-ring (bicyclic) bond motifs is 1. The zero-order chi connectivity index (χ0) is 19.1. The van der Waals surface area contributed by atoms with Crippen molar-refractivity contribution in [3.05, 3.63) is 35.4 Å². The van der Waals surface area contributed by atoms with E-state index in [1.807, 2.05) is 12.1 Å². The van der Waals surface area contributed by atoms with Gasteiger partial charge < -0.3 is 9.47 Å². The Bertz CT molecular complexity index is 664. The Kier molecular flexibility index (Phi) is 5.22. The van der Waals surface area contributed by atoms with Crippen molar-refractivity contribution in [1.82, 2.24) is 4.90 Å². The molecular formula is C21H29NO4. The lowest BCUT2D eigenvalue weighted by atomic mass is 9.57. The molecule has 1 heterocycles. The van der Waals surface area contributed by atoms with E-state index in [2.05, 4.69) is 27.7 Å². The van der Waals surface area contributed by atoms with Gasteiger partial charge in [-0.15, -0.1) is 0 Å². The van der Waals surface area contributed by atoms with E-state index >= 15 is 0 Å². The van der Waals surface area contributed by atoms with Crippen LogP contribution in [0, 0.1) is 23.2 Å². The van der Waals surface area contributed by atoms with E-state index in [4.69, 9.17) is 9.47 Å². The predicted molar refractivity (Wildman–Crippen MR) is 98.8 cm³/mol. The Labute approximate surface area is 155 Å². The van der Waals surface area contributed by atoms with E-state index in [1.54, 1.807) is 19.2 Å². The van der Waals surface area contributed by atoms with Crippen LogP contribution in [0.25, 0.3) is 0 Å². The van der Waals surface area contributed by atoms with Crippen molar-refractivity contribution in [2.75, 3.05) is 20.5 Å². The maximum atomic E-state index is 13.0. The lowest BCUT2D eigenvalue weighted by Gasteiger charge is -2.52. The van der Waals surface area contributed by atoms with Crippen LogP contribution in [0.5, 0.6) is 0 Å². The molecule has 4 atom stereocenters. The number of carbonyl (C=O) groups is 2. The quantitative estimate of drug-likeness (QED) is 0.458.